The molecule has 0 heterocycles. The molecule has 0 bridgehead atoms. The summed E-state index contributed by atoms with van der Waals surface area (Å²) in [6, 6.07) is 0. The van der Waals surface area contributed by atoms with E-state index in [2.05, 4.69) is 56.1 Å². The minimum Gasteiger partial charge on any atom is -0.381 e. The second kappa shape index (κ2) is 35.5. The van der Waals surface area contributed by atoms with E-state index >= 15 is 0 Å². The third-order valence-electron chi connectivity index (χ3n) is 10.2. The van der Waals surface area contributed by atoms with E-state index in [0.717, 1.165) is 74.2 Å². The van der Waals surface area contributed by atoms with Crippen LogP contribution < -0.4 is 0 Å². The largest absolute Gasteiger partial charge is 0.381 e. The minimum absolute atomic E-state index is 0.262. The molecule has 6 heteroatoms. The van der Waals surface area contributed by atoms with Crippen molar-refractivity contribution >= 4 is 0 Å². The molecule has 0 radical (unpaired) electrons. The highest BCUT2D eigenvalue weighted by atomic mass is 16.5. The smallest absolute Gasteiger partial charge is 0.0802 e. The first-order valence-electron chi connectivity index (χ1n) is 22.5. The number of hydrogen-bond acceptors (Lipinski definition) is 4. The van der Waals surface area contributed by atoms with Crippen LogP contribution in [0, 0.1) is 5.41 Å². The molecule has 0 N–H and O–H groups in total. The average Bonchev–Trinajstić information content (AvgIpc) is 3.07. The van der Waals surface area contributed by atoms with E-state index in [9.17, 15) is 0 Å². The lowest BCUT2D eigenvalue weighted by Crippen LogP contribution is -2.42. The summed E-state index contributed by atoms with van der Waals surface area (Å²) in [6.45, 7) is 12.6. The Labute approximate surface area is 321 Å². The van der Waals surface area contributed by atoms with E-state index in [0.29, 0.717) is 26.4 Å². The van der Waals surface area contributed by atoms with E-state index in [1.54, 1.807) is 0 Å². The van der Waals surface area contributed by atoms with Crippen molar-refractivity contribution in [1.82, 2.24) is 0 Å². The maximum absolute atomic E-state index is 6.44. The summed E-state index contributed by atoms with van der Waals surface area (Å²) in [4.78, 5) is 0. The van der Waals surface area contributed by atoms with Crippen LogP contribution in [0.15, 0.2) is 0 Å². The molecule has 0 aliphatic heterocycles. The first kappa shape index (κ1) is 50.8. The lowest BCUT2D eigenvalue weighted by atomic mass is 9.92. The molecule has 0 aromatic heterocycles. The molecule has 0 aliphatic carbocycles. The fourth-order valence-corrected chi connectivity index (χ4v) is 6.78. The second-order valence-corrected chi connectivity index (χ2v) is 18.2. The van der Waals surface area contributed by atoms with Crippen LogP contribution in [0.5, 0.6) is 0 Å². The van der Waals surface area contributed by atoms with Crippen molar-refractivity contribution in [1.29, 1.82) is 0 Å². The van der Waals surface area contributed by atoms with Gasteiger partial charge in [0.15, 0.2) is 0 Å². The van der Waals surface area contributed by atoms with E-state index in [4.69, 9.17) is 18.9 Å². The van der Waals surface area contributed by atoms with Gasteiger partial charge < -0.3 is 27.9 Å². The summed E-state index contributed by atoms with van der Waals surface area (Å²) >= 11 is 0. The number of quaternary nitrogens is 2. The maximum atomic E-state index is 6.44. The van der Waals surface area contributed by atoms with Gasteiger partial charge in [-0.15, -0.1) is 0 Å². The van der Waals surface area contributed by atoms with Gasteiger partial charge in [0.25, 0.3) is 0 Å². The van der Waals surface area contributed by atoms with Gasteiger partial charge in [0.05, 0.1) is 100 Å². The minimum atomic E-state index is -0.262. The molecule has 0 saturated carbocycles. The lowest BCUT2D eigenvalue weighted by Gasteiger charge is -2.33. The van der Waals surface area contributed by atoms with Crippen molar-refractivity contribution in [2.24, 2.45) is 5.41 Å². The van der Waals surface area contributed by atoms with Crippen molar-refractivity contribution in [3.8, 4) is 0 Å². The van der Waals surface area contributed by atoms with Crippen molar-refractivity contribution in [2.45, 2.75) is 181 Å². The van der Waals surface area contributed by atoms with Crippen LogP contribution in [0.2, 0.25) is 0 Å². The van der Waals surface area contributed by atoms with Crippen molar-refractivity contribution in [3.05, 3.63) is 0 Å². The summed E-state index contributed by atoms with van der Waals surface area (Å²) in [5.74, 6) is 0. The first-order valence-corrected chi connectivity index (χ1v) is 22.5. The van der Waals surface area contributed by atoms with E-state index < -0.39 is 0 Å². The van der Waals surface area contributed by atoms with E-state index in [1.165, 1.54) is 141 Å². The van der Waals surface area contributed by atoms with E-state index in [1.807, 2.05) is 0 Å². The zero-order chi connectivity index (χ0) is 37.8. The third kappa shape index (κ3) is 39.3. The first-order chi connectivity index (χ1) is 24.5. The molecule has 0 rings (SSSR count). The quantitative estimate of drug-likeness (QED) is 0.0463. The van der Waals surface area contributed by atoms with Crippen LogP contribution in [0.25, 0.3) is 0 Å². The molecular weight excluding hydrogens is 633 g/mol. The van der Waals surface area contributed by atoms with Crippen LogP contribution in [-0.2, 0) is 18.9 Å². The fraction of sp³-hybridized carbons (Fsp3) is 1.00. The van der Waals surface area contributed by atoms with Gasteiger partial charge in [-0.3, -0.25) is 0 Å². The van der Waals surface area contributed by atoms with Gasteiger partial charge in [0.2, 0.25) is 0 Å². The predicted octanol–water partition coefficient (Wildman–Crippen LogP) is 11.6. The van der Waals surface area contributed by atoms with Crippen LogP contribution >= 0.6 is 0 Å². The third-order valence-corrected chi connectivity index (χ3v) is 10.2. The zero-order valence-electron chi connectivity index (χ0n) is 36.5. The fourth-order valence-electron chi connectivity index (χ4n) is 6.78. The Hall–Kier alpha value is -0.240. The Morgan fingerprint density at radius 1 is 0.294 bits per heavy atom. The standard InChI is InChI=1S/C45H96N2O4/c1-9-11-13-15-17-19-21-23-25-27-29-31-37-48-41-45(43-50-39-33-35-46(3,4)5,44-51-40-34-36-47(6,7)8)42-49-38-32-30-28-26-24-22-20-18-16-14-12-10-2/h9-44H2,1-8H3/q+2. The Morgan fingerprint density at radius 2 is 0.510 bits per heavy atom. The summed E-state index contributed by atoms with van der Waals surface area (Å²) < 4.78 is 27.6. The van der Waals surface area contributed by atoms with Crippen LogP contribution in [0.3, 0.4) is 0 Å². The molecule has 0 aromatic carbocycles. The molecule has 0 fully saturated rings. The summed E-state index contributed by atoms with van der Waals surface area (Å²) in [7, 11) is 13.5. The van der Waals surface area contributed by atoms with Gasteiger partial charge in [-0.05, 0) is 12.8 Å². The molecule has 0 unspecified atom stereocenters. The molecular formula is C45H96N2O4+2. The number of unbranched alkanes of at least 4 members (excludes halogenated alkanes) is 22. The highest BCUT2D eigenvalue weighted by Gasteiger charge is 2.32. The molecule has 0 amide bonds. The van der Waals surface area contributed by atoms with Crippen molar-refractivity contribution < 1.29 is 27.9 Å². The van der Waals surface area contributed by atoms with Gasteiger partial charge in [0, 0.05) is 26.1 Å². The molecule has 0 spiro atoms. The second-order valence-electron chi connectivity index (χ2n) is 18.2. The molecule has 0 saturated heterocycles. The number of rotatable bonds is 42. The summed E-state index contributed by atoms with van der Waals surface area (Å²) in [5.41, 5.74) is -0.262. The van der Waals surface area contributed by atoms with Gasteiger partial charge >= 0.3 is 0 Å². The number of hydrogen-bond donors (Lipinski definition) is 0. The summed E-state index contributed by atoms with van der Waals surface area (Å²) in [6.07, 6.45) is 34.8. The highest BCUT2D eigenvalue weighted by molar-refractivity contribution is 4.79. The summed E-state index contributed by atoms with van der Waals surface area (Å²) in [5, 5.41) is 0. The molecule has 0 aromatic rings. The topological polar surface area (TPSA) is 36.9 Å². The average molecular weight is 729 g/mol. The number of nitrogens with zero attached hydrogens (tertiary/aromatic N) is 2. The normalized spacial score (nSPS) is 12.7. The number of ether oxygens (including phenoxy) is 4. The van der Waals surface area contributed by atoms with Gasteiger partial charge in [0.1, 0.15) is 0 Å². The monoisotopic (exact) mass is 729 g/mol. The van der Waals surface area contributed by atoms with Gasteiger partial charge in [-0.25, -0.2) is 0 Å². The van der Waals surface area contributed by atoms with Crippen LogP contribution in [0.1, 0.15) is 181 Å². The molecule has 6 nitrogen and oxygen atoms in total. The van der Waals surface area contributed by atoms with Crippen molar-refractivity contribution in [3.63, 3.8) is 0 Å². The van der Waals surface area contributed by atoms with Crippen molar-refractivity contribution in [2.75, 3.05) is 108 Å². The van der Waals surface area contributed by atoms with Crippen LogP contribution in [-0.4, -0.2) is 117 Å². The van der Waals surface area contributed by atoms with Crippen LogP contribution in [0.4, 0.5) is 0 Å². The Balaban J connectivity index is 4.75. The zero-order valence-corrected chi connectivity index (χ0v) is 36.5. The Kier molecular flexibility index (Phi) is 35.3. The SMILES string of the molecule is CCCCCCCCCCCCCCOCC(COCCCCCCCCCCCCCC)(COCCC[N+](C)(C)C)COCCC[N+](C)(C)C. The predicted molar refractivity (Wildman–Crippen MR) is 223 cm³/mol. The molecule has 0 aliphatic rings. The molecule has 51 heavy (non-hydrogen) atoms. The maximum Gasteiger partial charge on any atom is 0.0802 e. The van der Waals surface area contributed by atoms with Gasteiger partial charge in [-0.2, -0.15) is 0 Å². The Morgan fingerprint density at radius 3 is 0.745 bits per heavy atom. The molecule has 308 valence electrons. The molecule has 0 atom stereocenters. The Bertz CT molecular complexity index is 633. The van der Waals surface area contributed by atoms with E-state index in [-0.39, 0.29) is 5.41 Å². The highest BCUT2D eigenvalue weighted by Crippen LogP contribution is 2.22. The lowest BCUT2D eigenvalue weighted by molar-refractivity contribution is -0.870. The van der Waals surface area contributed by atoms with Gasteiger partial charge in [-0.1, -0.05) is 155 Å².